The third kappa shape index (κ3) is 8.66. The minimum atomic E-state index is -3.52. The van der Waals surface area contributed by atoms with Crippen molar-refractivity contribution in [3.8, 4) is 17.0 Å². The van der Waals surface area contributed by atoms with Crippen molar-refractivity contribution in [1.82, 2.24) is 30.8 Å². The average molecular weight is 641 g/mol. The SMILES string of the molecule is COCCNC(=O)c1nc(-c2cccc(Nc3cc(Nc4cc(C(C)(C)O)ccn4)nnc3C(=O)NC(O)(O)O)c2OC)cs1. The van der Waals surface area contributed by atoms with Crippen molar-refractivity contribution in [3.63, 3.8) is 0 Å². The lowest BCUT2D eigenvalue weighted by Gasteiger charge is -2.19. The van der Waals surface area contributed by atoms with Gasteiger partial charge in [0.2, 0.25) is 0 Å². The summed E-state index contributed by atoms with van der Waals surface area (Å²) in [6.45, 7) is 3.92. The van der Waals surface area contributed by atoms with Crippen LogP contribution in [0.4, 0.5) is 23.0 Å². The minimum absolute atomic E-state index is 0.0137. The van der Waals surface area contributed by atoms with E-state index < -0.39 is 23.3 Å². The number of methoxy groups -OCH3 is 2. The number of hydrogen-bond donors (Lipinski definition) is 8. The summed E-state index contributed by atoms with van der Waals surface area (Å²) in [6, 6.07) is 9.73. The van der Waals surface area contributed by atoms with Crippen molar-refractivity contribution < 1.29 is 39.5 Å². The molecule has 8 N–H and O–H groups in total. The van der Waals surface area contributed by atoms with Crippen LogP contribution in [0.5, 0.6) is 5.75 Å². The fourth-order valence-corrected chi connectivity index (χ4v) is 4.72. The van der Waals surface area contributed by atoms with Gasteiger partial charge in [0.25, 0.3) is 11.8 Å². The zero-order valence-corrected chi connectivity index (χ0v) is 25.5. The van der Waals surface area contributed by atoms with Crippen molar-refractivity contribution in [1.29, 1.82) is 0 Å². The molecular formula is C28H32N8O8S. The van der Waals surface area contributed by atoms with Gasteiger partial charge in [0, 0.05) is 36.9 Å². The van der Waals surface area contributed by atoms with Gasteiger partial charge in [-0.25, -0.2) is 9.97 Å². The van der Waals surface area contributed by atoms with Gasteiger partial charge in [0.05, 0.1) is 36.4 Å². The lowest BCUT2D eigenvalue weighted by atomic mass is 10.00. The molecule has 4 aromatic rings. The van der Waals surface area contributed by atoms with Crippen LogP contribution < -0.4 is 26.0 Å². The monoisotopic (exact) mass is 640 g/mol. The molecule has 0 saturated heterocycles. The van der Waals surface area contributed by atoms with E-state index in [9.17, 15) is 30.0 Å². The third-order valence-corrected chi connectivity index (χ3v) is 6.91. The summed E-state index contributed by atoms with van der Waals surface area (Å²) >= 11 is 1.14. The summed E-state index contributed by atoms with van der Waals surface area (Å²) in [5, 5.41) is 58.5. The number of pyridine rings is 1. The maximum atomic E-state index is 12.8. The maximum Gasteiger partial charge on any atom is 0.369 e. The normalized spacial score (nSPS) is 11.6. The number of nitrogens with zero attached hydrogens (tertiary/aromatic N) is 4. The number of rotatable bonds is 13. The molecule has 0 atom stereocenters. The highest BCUT2D eigenvalue weighted by Crippen LogP contribution is 2.39. The molecule has 0 saturated carbocycles. The summed E-state index contributed by atoms with van der Waals surface area (Å²) < 4.78 is 10.6. The van der Waals surface area contributed by atoms with Crippen LogP contribution in [-0.2, 0) is 10.3 Å². The van der Waals surface area contributed by atoms with Crippen molar-refractivity contribution >= 4 is 46.2 Å². The van der Waals surface area contributed by atoms with E-state index >= 15 is 0 Å². The second-order valence-electron chi connectivity index (χ2n) is 9.99. The van der Waals surface area contributed by atoms with Crippen LogP contribution in [0.25, 0.3) is 11.3 Å². The van der Waals surface area contributed by atoms with Gasteiger partial charge in [-0.3, -0.25) is 14.9 Å². The Morgan fingerprint density at radius 2 is 1.73 bits per heavy atom. The number of ether oxygens (including phenoxy) is 2. The molecule has 0 aliphatic rings. The molecule has 0 radical (unpaired) electrons. The van der Waals surface area contributed by atoms with Crippen molar-refractivity contribution in [2.75, 3.05) is 38.0 Å². The molecular weight excluding hydrogens is 608 g/mol. The van der Waals surface area contributed by atoms with E-state index in [4.69, 9.17) is 9.47 Å². The smallest absolute Gasteiger partial charge is 0.369 e. The predicted octanol–water partition coefficient (Wildman–Crippen LogP) is 1.41. The molecule has 2 amide bonds. The Morgan fingerprint density at radius 3 is 2.42 bits per heavy atom. The van der Waals surface area contributed by atoms with Crippen LogP contribution in [0.3, 0.4) is 0 Å². The van der Waals surface area contributed by atoms with E-state index in [1.165, 1.54) is 26.5 Å². The summed E-state index contributed by atoms with van der Waals surface area (Å²) in [6.07, 6.45) is -2.03. The van der Waals surface area contributed by atoms with Crippen LogP contribution in [0, 0.1) is 0 Å². The zero-order chi connectivity index (χ0) is 32.8. The summed E-state index contributed by atoms with van der Waals surface area (Å²) in [7, 11) is 2.96. The van der Waals surface area contributed by atoms with E-state index in [0.717, 1.165) is 11.3 Å². The van der Waals surface area contributed by atoms with Crippen LogP contribution in [0.15, 0.2) is 48.0 Å². The van der Waals surface area contributed by atoms with Crippen LogP contribution in [-0.4, -0.2) is 85.9 Å². The summed E-state index contributed by atoms with van der Waals surface area (Å²) in [5.41, 5.74) is 0.344. The Bertz CT molecular complexity index is 1670. The second kappa shape index (κ2) is 13.9. The minimum Gasteiger partial charge on any atom is -0.494 e. The van der Waals surface area contributed by atoms with Gasteiger partial charge in [0.15, 0.2) is 22.3 Å². The Labute approximate surface area is 261 Å². The lowest BCUT2D eigenvalue weighted by molar-refractivity contribution is -0.323. The number of hydrogen-bond acceptors (Lipinski definition) is 15. The van der Waals surface area contributed by atoms with Crippen molar-refractivity contribution in [3.05, 3.63) is 64.2 Å². The molecule has 0 bridgehead atoms. The van der Waals surface area contributed by atoms with Gasteiger partial charge in [-0.15, -0.1) is 21.5 Å². The lowest BCUT2D eigenvalue weighted by Crippen LogP contribution is -2.48. The number of anilines is 4. The number of aromatic nitrogens is 4. The quantitative estimate of drug-likeness (QED) is 0.0763. The van der Waals surface area contributed by atoms with Gasteiger partial charge >= 0.3 is 6.10 Å². The summed E-state index contributed by atoms with van der Waals surface area (Å²) in [5.74, 6) is -0.795. The average Bonchev–Trinajstić information content (AvgIpc) is 3.46. The number of carbonyl (C=O) groups excluding carboxylic acids is 2. The number of para-hydroxylation sites is 1. The maximum absolute atomic E-state index is 12.8. The second-order valence-corrected chi connectivity index (χ2v) is 10.9. The Kier molecular flexibility index (Phi) is 10.2. The molecule has 3 aromatic heterocycles. The number of aliphatic hydroxyl groups is 4. The highest BCUT2D eigenvalue weighted by atomic mass is 32.1. The van der Waals surface area contributed by atoms with Gasteiger partial charge in [0.1, 0.15) is 5.82 Å². The topological polar surface area (TPSA) is 233 Å². The van der Waals surface area contributed by atoms with Gasteiger partial charge in [-0.2, -0.15) is 0 Å². The molecule has 0 aliphatic carbocycles. The summed E-state index contributed by atoms with van der Waals surface area (Å²) in [4.78, 5) is 34.0. The molecule has 0 spiro atoms. The van der Waals surface area contributed by atoms with Gasteiger partial charge in [-0.1, -0.05) is 6.07 Å². The molecule has 1 aromatic carbocycles. The Hall–Kier alpha value is -4.78. The number of benzene rings is 1. The molecule has 0 aliphatic heterocycles. The van der Waals surface area contributed by atoms with Crippen LogP contribution >= 0.6 is 11.3 Å². The predicted molar refractivity (Wildman–Crippen MR) is 163 cm³/mol. The number of nitrogens with one attached hydrogen (secondary N) is 4. The zero-order valence-electron chi connectivity index (χ0n) is 24.7. The Morgan fingerprint density at radius 1 is 0.956 bits per heavy atom. The first-order valence-electron chi connectivity index (χ1n) is 13.3. The fraction of sp³-hybridized carbons (Fsp3) is 0.286. The number of thiazole rings is 1. The van der Waals surface area contributed by atoms with Gasteiger partial charge < -0.3 is 45.9 Å². The highest BCUT2D eigenvalue weighted by Gasteiger charge is 2.27. The van der Waals surface area contributed by atoms with E-state index in [1.54, 1.807) is 54.9 Å². The van der Waals surface area contributed by atoms with E-state index in [1.807, 2.05) is 0 Å². The molecule has 238 valence electrons. The van der Waals surface area contributed by atoms with E-state index in [-0.39, 0.29) is 22.4 Å². The largest absolute Gasteiger partial charge is 0.494 e. The Balaban J connectivity index is 1.70. The molecule has 4 rings (SSSR count). The van der Waals surface area contributed by atoms with E-state index in [0.29, 0.717) is 47.2 Å². The van der Waals surface area contributed by atoms with E-state index in [2.05, 4.69) is 36.1 Å². The van der Waals surface area contributed by atoms with Crippen molar-refractivity contribution in [2.45, 2.75) is 25.5 Å². The first kappa shape index (κ1) is 33.1. The standard InChI is InChI=1S/C28H32N8O8S/c1-27(2,39)15-8-9-29-20(12-15)33-21-13-18(22(36-35-21)24(37)34-28(40,41)42)31-17-7-5-6-16(23(17)44-4)19-14-45-26(32-19)25(38)30-10-11-43-3/h5-9,12-14,39-42H,10-11H2,1-4H3,(H,30,38)(H,34,37)(H2,29,31,33,35). The number of amides is 2. The van der Waals surface area contributed by atoms with Crippen molar-refractivity contribution in [2.24, 2.45) is 0 Å². The fourth-order valence-electron chi connectivity index (χ4n) is 3.98. The molecule has 0 unspecified atom stereocenters. The van der Waals surface area contributed by atoms with Gasteiger partial charge in [-0.05, 0) is 43.7 Å². The molecule has 17 heteroatoms. The molecule has 16 nitrogen and oxygen atoms in total. The number of carbonyl (C=O) groups is 2. The first-order valence-corrected chi connectivity index (χ1v) is 14.2. The van der Waals surface area contributed by atoms with Crippen LogP contribution in [0.2, 0.25) is 0 Å². The molecule has 3 heterocycles. The first-order chi connectivity index (χ1) is 21.3. The third-order valence-electron chi connectivity index (χ3n) is 6.07. The molecule has 0 fully saturated rings. The van der Waals surface area contributed by atoms with Crippen LogP contribution in [0.1, 0.15) is 39.7 Å². The molecule has 45 heavy (non-hydrogen) atoms. The highest BCUT2D eigenvalue weighted by molar-refractivity contribution is 7.12.